The highest BCUT2D eigenvalue weighted by Crippen LogP contribution is 2.22. The van der Waals surface area contributed by atoms with Crippen LogP contribution in [0.3, 0.4) is 0 Å². The Labute approximate surface area is 144 Å². The predicted molar refractivity (Wildman–Crippen MR) is 90.7 cm³/mol. The Balaban J connectivity index is 1.63. The lowest BCUT2D eigenvalue weighted by Crippen LogP contribution is -2.34. The standard InChI is InChI=1S/C16H19ClN6O/c1-11-19-20-16-10-21(4-5-22(11)16)9-15-18-13-8-12(17)2-3-14(13)23(15)6-7-24/h2-3,8,24H,4-7,9-10H2,1H3. The lowest BCUT2D eigenvalue weighted by Gasteiger charge is -2.27. The number of aromatic nitrogens is 5. The number of rotatable bonds is 4. The second-order valence-corrected chi connectivity index (χ2v) is 6.50. The third kappa shape index (κ3) is 2.68. The molecule has 0 amide bonds. The van der Waals surface area contributed by atoms with Crippen molar-refractivity contribution < 1.29 is 5.11 Å². The van der Waals surface area contributed by atoms with Crippen molar-refractivity contribution in [3.8, 4) is 0 Å². The first-order chi connectivity index (χ1) is 11.7. The highest BCUT2D eigenvalue weighted by atomic mass is 35.5. The van der Waals surface area contributed by atoms with Gasteiger partial charge in [0, 0.05) is 24.7 Å². The number of imidazole rings is 1. The monoisotopic (exact) mass is 346 g/mol. The molecule has 0 aliphatic carbocycles. The molecule has 7 nitrogen and oxygen atoms in total. The number of aliphatic hydroxyl groups excluding tert-OH is 1. The number of nitrogens with zero attached hydrogens (tertiary/aromatic N) is 6. The Morgan fingerprint density at radius 1 is 1.25 bits per heavy atom. The van der Waals surface area contributed by atoms with Gasteiger partial charge < -0.3 is 14.2 Å². The predicted octanol–water partition coefficient (Wildman–Crippen LogP) is 1.60. The summed E-state index contributed by atoms with van der Waals surface area (Å²) in [4.78, 5) is 7.04. The van der Waals surface area contributed by atoms with Crippen LogP contribution in [0.2, 0.25) is 5.02 Å². The highest BCUT2D eigenvalue weighted by molar-refractivity contribution is 6.31. The molecule has 2 aromatic heterocycles. The molecule has 4 rings (SSSR count). The van der Waals surface area contributed by atoms with Crippen LogP contribution in [0.1, 0.15) is 17.5 Å². The van der Waals surface area contributed by atoms with E-state index in [0.29, 0.717) is 18.1 Å². The van der Waals surface area contributed by atoms with E-state index in [1.807, 2.05) is 25.1 Å². The van der Waals surface area contributed by atoms with Crippen molar-refractivity contribution in [1.29, 1.82) is 0 Å². The second kappa shape index (κ2) is 6.16. The molecule has 8 heteroatoms. The van der Waals surface area contributed by atoms with Crippen LogP contribution in [-0.4, -0.2) is 47.5 Å². The number of aryl methyl sites for hydroxylation is 1. The van der Waals surface area contributed by atoms with E-state index < -0.39 is 0 Å². The van der Waals surface area contributed by atoms with Crippen LogP contribution in [0.25, 0.3) is 11.0 Å². The number of benzene rings is 1. The number of hydrogen-bond donors (Lipinski definition) is 1. The molecule has 0 saturated carbocycles. The minimum absolute atomic E-state index is 0.0780. The molecule has 3 heterocycles. The van der Waals surface area contributed by atoms with Crippen molar-refractivity contribution in [2.75, 3.05) is 13.2 Å². The first kappa shape index (κ1) is 15.6. The van der Waals surface area contributed by atoms with Crippen LogP contribution >= 0.6 is 11.6 Å². The van der Waals surface area contributed by atoms with Crippen molar-refractivity contribution in [2.45, 2.75) is 33.1 Å². The van der Waals surface area contributed by atoms with Crippen molar-refractivity contribution in [1.82, 2.24) is 29.2 Å². The number of aliphatic hydroxyl groups is 1. The molecule has 0 bridgehead atoms. The molecule has 24 heavy (non-hydrogen) atoms. The summed E-state index contributed by atoms with van der Waals surface area (Å²) >= 11 is 6.08. The summed E-state index contributed by atoms with van der Waals surface area (Å²) in [5.74, 6) is 2.89. The van der Waals surface area contributed by atoms with Gasteiger partial charge in [0.05, 0.1) is 30.7 Å². The molecular weight excluding hydrogens is 328 g/mol. The van der Waals surface area contributed by atoms with E-state index in [4.69, 9.17) is 16.6 Å². The van der Waals surface area contributed by atoms with Gasteiger partial charge in [0.25, 0.3) is 0 Å². The minimum Gasteiger partial charge on any atom is -0.395 e. The van der Waals surface area contributed by atoms with Crippen LogP contribution in [0.5, 0.6) is 0 Å². The quantitative estimate of drug-likeness (QED) is 0.777. The average molecular weight is 347 g/mol. The molecule has 1 aromatic carbocycles. The number of fused-ring (bicyclic) bond motifs is 2. The van der Waals surface area contributed by atoms with Crippen LogP contribution in [0.15, 0.2) is 18.2 Å². The smallest absolute Gasteiger partial charge is 0.147 e. The van der Waals surface area contributed by atoms with Gasteiger partial charge in [0.1, 0.15) is 17.5 Å². The van der Waals surface area contributed by atoms with E-state index in [9.17, 15) is 5.11 Å². The van der Waals surface area contributed by atoms with Gasteiger partial charge in [0.15, 0.2) is 0 Å². The maximum absolute atomic E-state index is 9.41. The molecule has 0 spiro atoms. The molecule has 3 aromatic rings. The summed E-state index contributed by atoms with van der Waals surface area (Å²) in [5.41, 5.74) is 1.86. The van der Waals surface area contributed by atoms with Gasteiger partial charge in [-0.05, 0) is 25.1 Å². The lowest BCUT2D eigenvalue weighted by molar-refractivity contribution is 0.198. The maximum atomic E-state index is 9.41. The Morgan fingerprint density at radius 3 is 2.96 bits per heavy atom. The van der Waals surface area contributed by atoms with E-state index in [1.165, 1.54) is 0 Å². The fraction of sp³-hybridized carbons (Fsp3) is 0.438. The second-order valence-electron chi connectivity index (χ2n) is 6.06. The Kier molecular flexibility index (Phi) is 3.99. The van der Waals surface area contributed by atoms with Crippen LogP contribution in [0.4, 0.5) is 0 Å². The molecule has 0 radical (unpaired) electrons. The first-order valence-electron chi connectivity index (χ1n) is 8.02. The van der Waals surface area contributed by atoms with Gasteiger partial charge in [-0.3, -0.25) is 4.90 Å². The van der Waals surface area contributed by atoms with Gasteiger partial charge >= 0.3 is 0 Å². The summed E-state index contributed by atoms with van der Waals surface area (Å²) in [6.45, 7) is 5.86. The van der Waals surface area contributed by atoms with Gasteiger partial charge in [-0.25, -0.2) is 4.98 Å². The van der Waals surface area contributed by atoms with E-state index >= 15 is 0 Å². The fourth-order valence-corrected chi connectivity index (χ4v) is 3.48. The lowest BCUT2D eigenvalue weighted by atomic mass is 10.3. The average Bonchev–Trinajstić information content (AvgIpc) is 3.09. The zero-order valence-electron chi connectivity index (χ0n) is 13.5. The zero-order chi connectivity index (χ0) is 16.7. The van der Waals surface area contributed by atoms with Crippen LogP contribution in [-0.2, 0) is 26.2 Å². The summed E-state index contributed by atoms with van der Waals surface area (Å²) in [6, 6.07) is 5.68. The Morgan fingerprint density at radius 2 is 2.12 bits per heavy atom. The van der Waals surface area contributed by atoms with E-state index in [2.05, 4.69) is 24.2 Å². The maximum Gasteiger partial charge on any atom is 0.147 e. The third-order valence-electron chi connectivity index (χ3n) is 4.50. The van der Waals surface area contributed by atoms with Gasteiger partial charge in [-0.2, -0.15) is 0 Å². The zero-order valence-corrected chi connectivity index (χ0v) is 14.2. The minimum atomic E-state index is 0.0780. The van der Waals surface area contributed by atoms with Crippen molar-refractivity contribution >= 4 is 22.6 Å². The molecular formula is C16H19ClN6O. The van der Waals surface area contributed by atoms with E-state index in [0.717, 1.165) is 48.1 Å². The van der Waals surface area contributed by atoms with Gasteiger partial charge in [-0.15, -0.1) is 10.2 Å². The molecule has 126 valence electrons. The van der Waals surface area contributed by atoms with E-state index in [-0.39, 0.29) is 6.61 Å². The molecule has 0 atom stereocenters. The van der Waals surface area contributed by atoms with Crippen LogP contribution < -0.4 is 0 Å². The molecule has 0 saturated heterocycles. The normalized spacial score (nSPS) is 15.1. The Bertz CT molecular complexity index is 886. The summed E-state index contributed by atoms with van der Waals surface area (Å²) in [7, 11) is 0. The van der Waals surface area contributed by atoms with Crippen molar-refractivity contribution in [2.24, 2.45) is 0 Å². The number of halogens is 1. The molecule has 1 aliphatic heterocycles. The molecule has 1 N–H and O–H groups in total. The fourth-order valence-electron chi connectivity index (χ4n) is 3.31. The van der Waals surface area contributed by atoms with Crippen LogP contribution in [0, 0.1) is 6.92 Å². The SMILES string of the molecule is Cc1nnc2n1CCN(Cc1nc3cc(Cl)ccc3n1CCO)C2. The van der Waals surface area contributed by atoms with Crippen molar-refractivity contribution in [3.63, 3.8) is 0 Å². The molecule has 0 fully saturated rings. The Hall–Kier alpha value is -1.96. The topological polar surface area (TPSA) is 72.0 Å². The number of hydrogen-bond acceptors (Lipinski definition) is 5. The first-order valence-corrected chi connectivity index (χ1v) is 8.40. The summed E-state index contributed by atoms with van der Waals surface area (Å²) < 4.78 is 4.23. The summed E-state index contributed by atoms with van der Waals surface area (Å²) in [5, 5.41) is 18.5. The van der Waals surface area contributed by atoms with Gasteiger partial charge in [0.2, 0.25) is 0 Å². The third-order valence-corrected chi connectivity index (χ3v) is 4.73. The molecule has 0 unspecified atom stereocenters. The van der Waals surface area contributed by atoms with Crippen molar-refractivity contribution in [3.05, 3.63) is 40.7 Å². The van der Waals surface area contributed by atoms with Gasteiger partial charge in [-0.1, -0.05) is 11.6 Å². The highest BCUT2D eigenvalue weighted by Gasteiger charge is 2.21. The molecule has 1 aliphatic rings. The van der Waals surface area contributed by atoms with E-state index in [1.54, 1.807) is 0 Å². The summed E-state index contributed by atoms with van der Waals surface area (Å²) in [6.07, 6.45) is 0. The largest absolute Gasteiger partial charge is 0.395 e.